The van der Waals surface area contributed by atoms with Gasteiger partial charge in [-0.15, -0.1) is 0 Å². The summed E-state index contributed by atoms with van der Waals surface area (Å²) in [6.07, 6.45) is 2.74. The van der Waals surface area contributed by atoms with Gasteiger partial charge in [-0.2, -0.15) is 0 Å². The highest BCUT2D eigenvalue weighted by Crippen LogP contribution is 2.38. The van der Waals surface area contributed by atoms with Gasteiger partial charge in [-0.25, -0.2) is 9.97 Å². The molecule has 2 aromatic rings. The number of allylic oxidation sites excluding steroid dienone is 1. The number of carbonyl (C=O) groups is 4. The van der Waals surface area contributed by atoms with Crippen molar-refractivity contribution in [3.63, 3.8) is 0 Å². The molecule has 1 aromatic heterocycles. The highest BCUT2D eigenvalue weighted by atomic mass is 33.1. The van der Waals surface area contributed by atoms with Gasteiger partial charge in [0.25, 0.3) is 0 Å². The predicted octanol–water partition coefficient (Wildman–Crippen LogP) is 5.75. The molecular formula is C34H49N5O7S2. The smallest absolute Gasteiger partial charge is 0.323 e. The zero-order chi connectivity index (χ0) is 36.4. The topological polar surface area (TPSA) is 177 Å². The van der Waals surface area contributed by atoms with Gasteiger partial charge in [0.1, 0.15) is 17.7 Å². The summed E-state index contributed by atoms with van der Waals surface area (Å²) in [6, 6.07) is 3.67. The number of nitrogens with two attached hydrogens (primary N) is 2. The van der Waals surface area contributed by atoms with Crippen molar-refractivity contribution in [2.45, 2.75) is 99.9 Å². The minimum atomic E-state index is -1.03. The Balaban J connectivity index is 2.18. The number of nitrogen functional groups attached to an aromatic ring is 1. The maximum absolute atomic E-state index is 13.0. The molecule has 2 rings (SSSR count). The average Bonchev–Trinajstić information content (AvgIpc) is 2.98. The van der Waals surface area contributed by atoms with Gasteiger partial charge in [0.15, 0.2) is 11.5 Å². The molecule has 1 atom stereocenters. The van der Waals surface area contributed by atoms with Crippen LogP contribution in [-0.2, 0) is 36.9 Å². The van der Waals surface area contributed by atoms with Crippen LogP contribution in [0.4, 0.5) is 5.82 Å². The first-order valence-corrected chi connectivity index (χ1v) is 17.8. The normalized spacial score (nSPS) is 13.0. The molecule has 0 aliphatic rings. The lowest BCUT2D eigenvalue weighted by molar-refractivity contribution is -0.145. The number of esters is 3. The van der Waals surface area contributed by atoms with E-state index < -0.39 is 34.8 Å². The van der Waals surface area contributed by atoms with Crippen molar-refractivity contribution in [3.8, 4) is 11.5 Å². The molecule has 0 bridgehead atoms. The number of amides is 1. The number of hydrogen-bond acceptors (Lipinski definition) is 13. The molecule has 0 saturated carbocycles. The second-order valence-corrected chi connectivity index (χ2v) is 16.5. The van der Waals surface area contributed by atoms with Gasteiger partial charge < -0.3 is 30.6 Å². The van der Waals surface area contributed by atoms with Gasteiger partial charge in [-0.1, -0.05) is 41.5 Å². The molecule has 264 valence electrons. The van der Waals surface area contributed by atoms with Gasteiger partial charge >= 0.3 is 17.9 Å². The van der Waals surface area contributed by atoms with Crippen LogP contribution in [-0.4, -0.2) is 57.1 Å². The number of anilines is 1. The second kappa shape index (κ2) is 17.7. The molecule has 1 amide bonds. The van der Waals surface area contributed by atoms with Gasteiger partial charge in [0.2, 0.25) is 6.41 Å². The molecule has 14 heteroatoms. The molecule has 0 unspecified atom stereocenters. The molecule has 48 heavy (non-hydrogen) atoms. The second-order valence-electron chi connectivity index (χ2n) is 13.6. The van der Waals surface area contributed by atoms with Crippen molar-refractivity contribution in [2.24, 2.45) is 16.6 Å². The number of rotatable bonds is 15. The van der Waals surface area contributed by atoms with Crippen LogP contribution in [0.3, 0.4) is 0 Å². The number of ether oxygens (including phenoxy) is 3. The molecule has 1 heterocycles. The third-order valence-electron chi connectivity index (χ3n) is 6.63. The van der Waals surface area contributed by atoms with Gasteiger partial charge in [0.05, 0.1) is 24.0 Å². The highest BCUT2D eigenvalue weighted by molar-refractivity contribution is 8.78. The van der Waals surface area contributed by atoms with E-state index in [2.05, 4.69) is 23.8 Å². The van der Waals surface area contributed by atoms with Crippen LogP contribution in [0.2, 0.25) is 0 Å². The molecule has 4 N–H and O–H groups in total. The third-order valence-corrected chi connectivity index (χ3v) is 9.86. The van der Waals surface area contributed by atoms with Gasteiger partial charge in [-0.3, -0.25) is 19.2 Å². The summed E-state index contributed by atoms with van der Waals surface area (Å²) in [5.74, 6) is -0.670. The Morgan fingerprint density at radius 2 is 1.62 bits per heavy atom. The lowest BCUT2D eigenvalue weighted by Crippen LogP contribution is -2.34. The van der Waals surface area contributed by atoms with Crippen LogP contribution < -0.4 is 20.9 Å². The molecule has 0 radical (unpaired) electrons. The zero-order valence-corrected chi connectivity index (χ0v) is 31.2. The molecule has 0 saturated heterocycles. The Morgan fingerprint density at radius 1 is 1.02 bits per heavy atom. The number of aromatic nitrogens is 2. The van der Waals surface area contributed by atoms with Crippen molar-refractivity contribution in [3.05, 3.63) is 51.9 Å². The van der Waals surface area contributed by atoms with E-state index in [9.17, 15) is 19.2 Å². The first kappa shape index (κ1) is 40.6. The average molecular weight is 704 g/mol. The minimum Gasteiger partial charge on any atom is -0.464 e. The Labute approximate surface area is 291 Å². The molecule has 0 spiro atoms. The first-order valence-electron chi connectivity index (χ1n) is 15.6. The van der Waals surface area contributed by atoms with Crippen molar-refractivity contribution < 1.29 is 33.4 Å². The predicted molar refractivity (Wildman–Crippen MR) is 190 cm³/mol. The van der Waals surface area contributed by atoms with E-state index in [1.54, 1.807) is 71.5 Å². The Bertz CT molecular complexity index is 1500. The standard InChI is InChI=1S/C34H49N5O7S2/c1-20(2)47-48-28(21(3)39(19-40)18-24-17-37-22(4)38-29(24)36)13-14-44-30(41)25(35)15-23-11-12-26(45-31(42)33(5,6)7)27(16-23)46-32(43)34(8,9)10/h11-12,16-17,19-20,25H,13-15,18,35H2,1-10H3,(H2,36,37,38)/b28-21-/t25-/m0/s1. The van der Waals surface area contributed by atoms with Crippen molar-refractivity contribution in [1.29, 1.82) is 0 Å². The number of nitrogens with zero attached hydrogens (tertiary/aromatic N) is 3. The summed E-state index contributed by atoms with van der Waals surface area (Å²) in [7, 11) is 3.13. The van der Waals surface area contributed by atoms with E-state index in [0.717, 1.165) is 11.3 Å². The fourth-order valence-corrected chi connectivity index (χ4v) is 5.94. The fraction of sp³-hybridized carbons (Fsp3) is 0.529. The minimum absolute atomic E-state index is 0.0312. The lowest BCUT2D eigenvalue weighted by atomic mass is 9.97. The van der Waals surface area contributed by atoms with E-state index in [1.165, 1.54) is 27.8 Å². The van der Waals surface area contributed by atoms with E-state index in [0.29, 0.717) is 40.1 Å². The van der Waals surface area contributed by atoms with Crippen LogP contribution in [0, 0.1) is 17.8 Å². The third kappa shape index (κ3) is 12.8. The Morgan fingerprint density at radius 3 is 2.17 bits per heavy atom. The quantitative estimate of drug-likeness (QED) is 0.0992. The first-order chi connectivity index (χ1) is 22.2. The van der Waals surface area contributed by atoms with Crippen LogP contribution in [0.25, 0.3) is 0 Å². The summed E-state index contributed by atoms with van der Waals surface area (Å²) >= 11 is 0. The van der Waals surface area contributed by atoms with Crippen LogP contribution in [0.15, 0.2) is 35.0 Å². The van der Waals surface area contributed by atoms with Crippen molar-refractivity contribution in [2.75, 3.05) is 12.3 Å². The molecule has 12 nitrogen and oxygen atoms in total. The molecule has 1 aromatic carbocycles. The number of carbonyl (C=O) groups excluding carboxylic acids is 4. The maximum atomic E-state index is 13.0. The summed E-state index contributed by atoms with van der Waals surface area (Å²) < 4.78 is 16.7. The molecular weight excluding hydrogens is 655 g/mol. The van der Waals surface area contributed by atoms with E-state index >= 15 is 0 Å². The SMILES string of the molecule is C/C(=C(\CCOC(=O)[C@@H](N)Cc1ccc(OC(=O)C(C)(C)C)c(OC(=O)C(C)(C)C)c1)SSC(C)C)N(C=O)Cc1cnc(C)nc1N. The number of benzene rings is 1. The number of aryl methyl sites for hydroxylation is 1. The van der Waals surface area contributed by atoms with Crippen LogP contribution in [0.5, 0.6) is 11.5 Å². The van der Waals surface area contributed by atoms with E-state index in [4.69, 9.17) is 25.7 Å². The largest absolute Gasteiger partial charge is 0.464 e. The Kier molecular flexibility index (Phi) is 14.9. The van der Waals surface area contributed by atoms with Crippen LogP contribution in [0.1, 0.15) is 85.7 Å². The molecule has 0 fully saturated rings. The monoisotopic (exact) mass is 703 g/mol. The van der Waals surface area contributed by atoms with Crippen molar-refractivity contribution >= 4 is 51.7 Å². The van der Waals surface area contributed by atoms with Crippen LogP contribution >= 0.6 is 21.6 Å². The van der Waals surface area contributed by atoms with Crippen molar-refractivity contribution in [1.82, 2.24) is 14.9 Å². The highest BCUT2D eigenvalue weighted by Gasteiger charge is 2.29. The van der Waals surface area contributed by atoms with E-state index in [1.807, 2.05) is 6.92 Å². The van der Waals surface area contributed by atoms with Gasteiger partial charge in [-0.05, 0) is 79.5 Å². The zero-order valence-electron chi connectivity index (χ0n) is 29.5. The Hall–Kier alpha value is -3.62. The van der Waals surface area contributed by atoms with Gasteiger partial charge in [0, 0.05) is 34.0 Å². The summed E-state index contributed by atoms with van der Waals surface area (Å²) in [6.45, 7) is 18.2. The maximum Gasteiger partial charge on any atom is 0.323 e. The summed E-state index contributed by atoms with van der Waals surface area (Å²) in [4.78, 5) is 61.1. The summed E-state index contributed by atoms with van der Waals surface area (Å²) in [5, 5.41) is 0.301. The lowest BCUT2D eigenvalue weighted by Gasteiger charge is -2.23. The molecule has 0 aliphatic heterocycles. The fourth-order valence-electron chi connectivity index (χ4n) is 3.69. The number of hydrogen-bond donors (Lipinski definition) is 2. The molecule has 0 aliphatic carbocycles. The summed E-state index contributed by atoms with van der Waals surface area (Å²) in [5.41, 5.74) is 12.6. The van der Waals surface area contributed by atoms with E-state index in [-0.39, 0.29) is 31.1 Å².